The van der Waals surface area contributed by atoms with Crippen molar-refractivity contribution in [1.82, 2.24) is 4.98 Å². The summed E-state index contributed by atoms with van der Waals surface area (Å²) in [5.74, 6) is 1.30. The fraction of sp³-hybridized carbons (Fsp3) is 0.120. The molecule has 0 unspecified atom stereocenters. The Morgan fingerprint density at radius 3 is 2.37 bits per heavy atom. The molecule has 3 aromatic carbocycles. The van der Waals surface area contributed by atoms with E-state index in [0.717, 1.165) is 15.7 Å². The molecule has 0 radical (unpaired) electrons. The lowest BCUT2D eigenvalue weighted by Crippen LogP contribution is -2.13. The molecule has 0 saturated heterocycles. The molecule has 4 nitrogen and oxygen atoms in total. The lowest BCUT2D eigenvalue weighted by Gasteiger charge is -2.10. The average molecular weight is 461 g/mol. The molecule has 0 saturated carbocycles. The number of rotatable bonds is 5. The molecule has 1 amide bonds. The van der Waals surface area contributed by atoms with Gasteiger partial charge in [0.25, 0.3) is 5.91 Å². The highest BCUT2D eigenvalue weighted by atomic mass is 79.9. The second-order valence-corrected chi connectivity index (χ2v) is 8.23. The Kier molecular flexibility index (Phi) is 5.81. The van der Waals surface area contributed by atoms with E-state index in [1.54, 1.807) is 12.3 Å². The lowest BCUT2D eigenvalue weighted by molar-refractivity contribution is 0.102. The van der Waals surface area contributed by atoms with Crippen LogP contribution in [0.5, 0.6) is 0 Å². The molecule has 30 heavy (non-hydrogen) atoms. The van der Waals surface area contributed by atoms with Crippen molar-refractivity contribution >= 4 is 27.5 Å². The van der Waals surface area contributed by atoms with E-state index in [9.17, 15) is 4.79 Å². The molecule has 0 aliphatic carbocycles. The standard InChI is InChI=1S/C25H21BrN2O2/c1-16(2)17-9-13-20(14-10-17)28-24(29)21-5-3-4-6-22(21)25-27-15-23(30-25)18-7-11-19(26)12-8-18/h3-16H,1-2H3,(H,28,29). The third kappa shape index (κ3) is 4.36. The highest BCUT2D eigenvalue weighted by molar-refractivity contribution is 9.10. The van der Waals surface area contributed by atoms with Crippen molar-refractivity contribution in [2.75, 3.05) is 5.32 Å². The Morgan fingerprint density at radius 2 is 1.67 bits per heavy atom. The van der Waals surface area contributed by atoms with Gasteiger partial charge in [-0.15, -0.1) is 0 Å². The Labute approximate surface area is 184 Å². The van der Waals surface area contributed by atoms with Crippen molar-refractivity contribution < 1.29 is 9.21 Å². The van der Waals surface area contributed by atoms with Crippen LogP contribution in [0.1, 0.15) is 35.7 Å². The number of hydrogen-bond donors (Lipinski definition) is 1. The van der Waals surface area contributed by atoms with E-state index in [0.29, 0.717) is 28.7 Å². The monoisotopic (exact) mass is 460 g/mol. The molecule has 1 aromatic heterocycles. The number of hydrogen-bond acceptors (Lipinski definition) is 3. The van der Waals surface area contributed by atoms with Gasteiger partial charge >= 0.3 is 0 Å². The second-order valence-electron chi connectivity index (χ2n) is 7.31. The van der Waals surface area contributed by atoms with Crippen LogP contribution < -0.4 is 5.32 Å². The quantitative estimate of drug-likeness (QED) is 0.344. The minimum Gasteiger partial charge on any atom is -0.436 e. The van der Waals surface area contributed by atoms with E-state index in [4.69, 9.17) is 4.42 Å². The fourth-order valence-electron chi connectivity index (χ4n) is 3.16. The number of aromatic nitrogens is 1. The molecule has 0 bridgehead atoms. The molecule has 4 aromatic rings. The summed E-state index contributed by atoms with van der Waals surface area (Å²) in [6, 6.07) is 23.0. The Morgan fingerprint density at radius 1 is 0.967 bits per heavy atom. The normalized spacial score (nSPS) is 10.9. The molecular formula is C25H21BrN2O2. The first-order chi connectivity index (χ1) is 14.5. The van der Waals surface area contributed by atoms with Gasteiger partial charge in [-0.2, -0.15) is 0 Å². The van der Waals surface area contributed by atoms with Crippen LogP contribution in [0.3, 0.4) is 0 Å². The fourth-order valence-corrected chi connectivity index (χ4v) is 3.43. The summed E-state index contributed by atoms with van der Waals surface area (Å²) in [6.45, 7) is 4.28. The van der Waals surface area contributed by atoms with Crippen LogP contribution in [-0.2, 0) is 0 Å². The summed E-state index contributed by atoms with van der Waals surface area (Å²) < 4.78 is 6.97. The minimum atomic E-state index is -0.203. The molecule has 0 fully saturated rings. The molecule has 0 spiro atoms. The van der Waals surface area contributed by atoms with Gasteiger partial charge in [-0.1, -0.05) is 66.2 Å². The van der Waals surface area contributed by atoms with E-state index in [1.165, 1.54) is 5.56 Å². The zero-order chi connectivity index (χ0) is 21.1. The maximum atomic E-state index is 13.0. The van der Waals surface area contributed by atoms with Gasteiger partial charge < -0.3 is 9.73 Å². The first kappa shape index (κ1) is 20.1. The highest BCUT2D eigenvalue weighted by Crippen LogP contribution is 2.29. The van der Waals surface area contributed by atoms with Crippen LogP contribution in [0, 0.1) is 0 Å². The van der Waals surface area contributed by atoms with E-state index in [-0.39, 0.29) is 5.91 Å². The Balaban J connectivity index is 1.59. The second kappa shape index (κ2) is 8.67. The number of benzene rings is 3. The highest BCUT2D eigenvalue weighted by Gasteiger charge is 2.17. The number of halogens is 1. The first-order valence-electron chi connectivity index (χ1n) is 9.74. The number of carbonyl (C=O) groups is 1. The van der Waals surface area contributed by atoms with Crippen LogP contribution in [0.4, 0.5) is 5.69 Å². The van der Waals surface area contributed by atoms with Gasteiger partial charge in [0, 0.05) is 21.3 Å². The van der Waals surface area contributed by atoms with Gasteiger partial charge in [0.15, 0.2) is 5.76 Å². The largest absolute Gasteiger partial charge is 0.436 e. The summed E-state index contributed by atoms with van der Waals surface area (Å²) in [7, 11) is 0. The predicted octanol–water partition coefficient (Wildman–Crippen LogP) is 7.15. The average Bonchev–Trinajstić information content (AvgIpc) is 3.25. The van der Waals surface area contributed by atoms with Crippen molar-refractivity contribution in [1.29, 1.82) is 0 Å². The maximum Gasteiger partial charge on any atom is 0.256 e. The molecule has 1 N–H and O–H groups in total. The number of carbonyl (C=O) groups excluding carboxylic acids is 1. The van der Waals surface area contributed by atoms with Gasteiger partial charge in [0.2, 0.25) is 5.89 Å². The molecule has 1 heterocycles. The molecule has 4 rings (SSSR count). The van der Waals surface area contributed by atoms with E-state index < -0.39 is 0 Å². The van der Waals surface area contributed by atoms with Gasteiger partial charge in [-0.25, -0.2) is 4.98 Å². The van der Waals surface area contributed by atoms with Gasteiger partial charge in [0.05, 0.1) is 11.8 Å². The summed E-state index contributed by atoms with van der Waals surface area (Å²) >= 11 is 3.43. The topological polar surface area (TPSA) is 55.1 Å². The zero-order valence-corrected chi connectivity index (χ0v) is 18.3. The molecule has 5 heteroatoms. The van der Waals surface area contributed by atoms with Gasteiger partial charge in [-0.3, -0.25) is 4.79 Å². The van der Waals surface area contributed by atoms with Gasteiger partial charge in [-0.05, 0) is 47.9 Å². The van der Waals surface area contributed by atoms with Crippen molar-refractivity contribution in [3.05, 3.63) is 94.6 Å². The number of nitrogens with one attached hydrogen (secondary N) is 1. The Bertz CT molecular complexity index is 1160. The predicted molar refractivity (Wildman–Crippen MR) is 124 cm³/mol. The number of oxazole rings is 1. The SMILES string of the molecule is CC(C)c1ccc(NC(=O)c2ccccc2-c2ncc(-c3ccc(Br)cc3)o2)cc1. The number of amides is 1. The zero-order valence-electron chi connectivity index (χ0n) is 16.7. The van der Waals surface area contributed by atoms with Gasteiger partial charge in [0.1, 0.15) is 0 Å². The van der Waals surface area contributed by atoms with Crippen LogP contribution in [-0.4, -0.2) is 10.9 Å². The molecule has 150 valence electrons. The lowest BCUT2D eigenvalue weighted by atomic mass is 10.0. The van der Waals surface area contributed by atoms with E-state index in [1.807, 2.05) is 66.7 Å². The first-order valence-corrected chi connectivity index (χ1v) is 10.5. The number of anilines is 1. The van der Waals surface area contributed by atoms with Crippen LogP contribution in [0.25, 0.3) is 22.8 Å². The smallest absolute Gasteiger partial charge is 0.256 e. The summed E-state index contributed by atoms with van der Waals surface area (Å²) in [5, 5.41) is 2.97. The van der Waals surface area contributed by atoms with Crippen molar-refractivity contribution in [2.45, 2.75) is 19.8 Å². The van der Waals surface area contributed by atoms with Crippen LogP contribution in [0.2, 0.25) is 0 Å². The van der Waals surface area contributed by atoms with Crippen LogP contribution >= 0.6 is 15.9 Å². The van der Waals surface area contributed by atoms with E-state index in [2.05, 4.69) is 40.1 Å². The van der Waals surface area contributed by atoms with E-state index >= 15 is 0 Å². The van der Waals surface area contributed by atoms with Crippen molar-refractivity contribution in [3.8, 4) is 22.8 Å². The Hall–Kier alpha value is -3.18. The molecule has 0 aliphatic rings. The maximum absolute atomic E-state index is 13.0. The molecular weight excluding hydrogens is 440 g/mol. The third-order valence-electron chi connectivity index (χ3n) is 4.87. The molecule has 0 atom stereocenters. The summed E-state index contributed by atoms with van der Waals surface area (Å²) in [5.41, 5.74) is 4.06. The summed E-state index contributed by atoms with van der Waals surface area (Å²) in [6.07, 6.45) is 1.68. The van der Waals surface area contributed by atoms with Crippen molar-refractivity contribution in [2.24, 2.45) is 0 Å². The molecule has 0 aliphatic heterocycles. The van der Waals surface area contributed by atoms with Crippen molar-refractivity contribution in [3.63, 3.8) is 0 Å². The third-order valence-corrected chi connectivity index (χ3v) is 5.40. The van der Waals surface area contributed by atoms with Crippen LogP contribution in [0.15, 0.2) is 87.9 Å². The minimum absolute atomic E-state index is 0.203. The summed E-state index contributed by atoms with van der Waals surface area (Å²) in [4.78, 5) is 17.4. The number of nitrogens with zero attached hydrogens (tertiary/aromatic N) is 1.